The second kappa shape index (κ2) is 6.08. The van der Waals surface area contributed by atoms with Gasteiger partial charge in [0, 0.05) is 25.5 Å². The monoisotopic (exact) mass is 227 g/mol. The number of nitrogens with zero attached hydrogens (tertiary/aromatic N) is 2. The smallest absolute Gasteiger partial charge is 0.184 e. The van der Waals surface area contributed by atoms with Gasteiger partial charge in [-0.3, -0.25) is 0 Å². The van der Waals surface area contributed by atoms with Gasteiger partial charge in [-0.2, -0.15) is 0 Å². The highest BCUT2D eigenvalue weighted by Crippen LogP contribution is 2.18. The van der Waals surface area contributed by atoms with Crippen molar-refractivity contribution in [2.45, 2.75) is 32.7 Å². The second-order valence-corrected chi connectivity index (χ2v) is 5.06. The molecule has 0 bridgehead atoms. The normalized spacial score (nSPS) is 11.0. The lowest BCUT2D eigenvalue weighted by atomic mass is 10.2. The fourth-order valence-corrected chi connectivity index (χ4v) is 2.07. The Bertz CT molecular complexity index is 281. The van der Waals surface area contributed by atoms with Crippen molar-refractivity contribution in [3.05, 3.63) is 11.1 Å². The molecular weight excluding hydrogens is 206 g/mol. The van der Waals surface area contributed by atoms with Crippen molar-refractivity contribution in [3.63, 3.8) is 0 Å². The molecule has 0 amide bonds. The zero-order chi connectivity index (χ0) is 11.3. The Hall–Kier alpha value is -0.610. The minimum atomic E-state index is 0.581. The molecule has 0 saturated heterocycles. The van der Waals surface area contributed by atoms with Gasteiger partial charge in [0.05, 0.1) is 5.69 Å². The second-order valence-electron chi connectivity index (χ2n) is 4.23. The van der Waals surface area contributed by atoms with Crippen LogP contribution in [0, 0.1) is 0 Å². The van der Waals surface area contributed by atoms with E-state index in [1.807, 2.05) is 14.1 Å². The van der Waals surface area contributed by atoms with E-state index in [1.54, 1.807) is 11.3 Å². The Kier molecular flexibility index (Phi) is 5.05. The molecule has 0 aliphatic heterocycles. The third-order valence-corrected chi connectivity index (χ3v) is 3.14. The molecule has 0 spiro atoms. The summed E-state index contributed by atoms with van der Waals surface area (Å²) < 4.78 is 0. The molecule has 0 aliphatic carbocycles. The van der Waals surface area contributed by atoms with Crippen LogP contribution in [0.3, 0.4) is 0 Å². The van der Waals surface area contributed by atoms with Crippen LogP contribution in [-0.2, 0) is 6.42 Å². The van der Waals surface area contributed by atoms with Gasteiger partial charge < -0.3 is 10.2 Å². The molecule has 1 N–H and O–H groups in total. The number of hydrogen-bond donors (Lipinski definition) is 1. The van der Waals surface area contributed by atoms with Crippen molar-refractivity contribution in [1.82, 2.24) is 10.3 Å². The van der Waals surface area contributed by atoms with Crippen LogP contribution in [0.1, 0.15) is 26.0 Å². The van der Waals surface area contributed by atoms with Crippen LogP contribution in [0.25, 0.3) is 0 Å². The molecule has 0 fully saturated rings. The summed E-state index contributed by atoms with van der Waals surface area (Å²) in [4.78, 5) is 6.60. The Labute approximate surface area is 96.5 Å². The molecule has 3 nitrogen and oxygen atoms in total. The molecule has 86 valence electrons. The third-order valence-electron chi connectivity index (χ3n) is 2.08. The third kappa shape index (κ3) is 4.62. The van der Waals surface area contributed by atoms with E-state index in [4.69, 9.17) is 0 Å². The first-order valence-corrected chi connectivity index (χ1v) is 6.32. The number of thiazole rings is 1. The van der Waals surface area contributed by atoms with Crippen LogP contribution in [0.2, 0.25) is 0 Å². The van der Waals surface area contributed by atoms with E-state index in [0.29, 0.717) is 6.04 Å². The highest BCUT2D eigenvalue weighted by Gasteiger charge is 2.03. The summed E-state index contributed by atoms with van der Waals surface area (Å²) in [6, 6.07) is 0.581. The van der Waals surface area contributed by atoms with Crippen molar-refractivity contribution in [3.8, 4) is 0 Å². The van der Waals surface area contributed by atoms with Crippen LogP contribution in [0.15, 0.2) is 5.38 Å². The Morgan fingerprint density at radius 1 is 1.47 bits per heavy atom. The van der Waals surface area contributed by atoms with Crippen LogP contribution >= 0.6 is 11.3 Å². The lowest BCUT2D eigenvalue weighted by molar-refractivity contribution is 0.569. The van der Waals surface area contributed by atoms with Crippen LogP contribution in [-0.4, -0.2) is 31.7 Å². The summed E-state index contributed by atoms with van der Waals surface area (Å²) >= 11 is 1.72. The van der Waals surface area contributed by atoms with Gasteiger partial charge in [0.2, 0.25) is 0 Å². The summed E-state index contributed by atoms with van der Waals surface area (Å²) in [5, 5.41) is 6.67. The fraction of sp³-hybridized carbons (Fsp3) is 0.727. The topological polar surface area (TPSA) is 28.2 Å². The lowest BCUT2D eigenvalue weighted by Crippen LogP contribution is -2.23. The van der Waals surface area contributed by atoms with E-state index in [2.05, 4.69) is 34.4 Å². The minimum Gasteiger partial charge on any atom is -0.354 e. The van der Waals surface area contributed by atoms with Gasteiger partial charge in [0.25, 0.3) is 0 Å². The molecule has 0 atom stereocenters. The van der Waals surface area contributed by atoms with Gasteiger partial charge in [0.1, 0.15) is 0 Å². The van der Waals surface area contributed by atoms with Gasteiger partial charge in [-0.15, -0.1) is 11.3 Å². The van der Waals surface area contributed by atoms with E-state index >= 15 is 0 Å². The molecule has 0 aromatic carbocycles. The average molecular weight is 227 g/mol. The first-order chi connectivity index (χ1) is 7.09. The van der Waals surface area contributed by atoms with Crippen molar-refractivity contribution in [1.29, 1.82) is 0 Å². The number of rotatable bonds is 6. The van der Waals surface area contributed by atoms with Gasteiger partial charge >= 0.3 is 0 Å². The predicted molar refractivity (Wildman–Crippen MR) is 67.9 cm³/mol. The van der Waals surface area contributed by atoms with Crippen LogP contribution in [0.5, 0.6) is 0 Å². The molecule has 15 heavy (non-hydrogen) atoms. The lowest BCUT2D eigenvalue weighted by Gasteiger charge is -2.07. The van der Waals surface area contributed by atoms with E-state index in [0.717, 1.165) is 24.5 Å². The minimum absolute atomic E-state index is 0.581. The molecule has 1 aromatic rings. The highest BCUT2D eigenvalue weighted by molar-refractivity contribution is 7.13. The van der Waals surface area contributed by atoms with E-state index < -0.39 is 0 Å². The number of aryl methyl sites for hydroxylation is 1. The van der Waals surface area contributed by atoms with Crippen molar-refractivity contribution < 1.29 is 0 Å². The Morgan fingerprint density at radius 2 is 2.20 bits per heavy atom. The molecule has 0 aliphatic rings. The van der Waals surface area contributed by atoms with Crippen molar-refractivity contribution in [2.24, 2.45) is 0 Å². The van der Waals surface area contributed by atoms with Gasteiger partial charge in [-0.1, -0.05) is 13.8 Å². The zero-order valence-corrected chi connectivity index (χ0v) is 10.9. The summed E-state index contributed by atoms with van der Waals surface area (Å²) in [5.41, 5.74) is 1.22. The quantitative estimate of drug-likeness (QED) is 0.755. The van der Waals surface area contributed by atoms with Gasteiger partial charge in [-0.25, -0.2) is 4.98 Å². The van der Waals surface area contributed by atoms with Gasteiger partial charge in [0.15, 0.2) is 5.13 Å². The number of nitrogens with one attached hydrogen (secondary N) is 1. The SMILES string of the molecule is CC(C)NCCCc1csc(N(C)C)n1. The Balaban J connectivity index is 2.26. The molecule has 1 rings (SSSR count). The molecule has 1 aromatic heterocycles. The highest BCUT2D eigenvalue weighted by atomic mass is 32.1. The first kappa shape index (κ1) is 12.5. The standard InChI is InChI=1S/C11H21N3S/c1-9(2)12-7-5-6-10-8-15-11(13-10)14(3)4/h8-9,12H,5-7H2,1-4H3. The summed E-state index contributed by atoms with van der Waals surface area (Å²) in [7, 11) is 4.06. The molecule has 0 unspecified atom stereocenters. The molecule has 0 saturated carbocycles. The average Bonchev–Trinajstić information content (AvgIpc) is 2.60. The van der Waals surface area contributed by atoms with E-state index in [-0.39, 0.29) is 0 Å². The first-order valence-electron chi connectivity index (χ1n) is 5.44. The maximum atomic E-state index is 4.54. The van der Waals surface area contributed by atoms with Gasteiger partial charge in [-0.05, 0) is 19.4 Å². The number of anilines is 1. The molecule has 4 heteroatoms. The molecular formula is C11H21N3S. The largest absolute Gasteiger partial charge is 0.354 e. The number of aromatic nitrogens is 1. The Morgan fingerprint density at radius 3 is 2.73 bits per heavy atom. The summed E-state index contributed by atoms with van der Waals surface area (Å²) in [5.74, 6) is 0. The van der Waals surface area contributed by atoms with Crippen molar-refractivity contribution in [2.75, 3.05) is 25.5 Å². The summed E-state index contributed by atoms with van der Waals surface area (Å²) in [6.45, 7) is 5.42. The fourth-order valence-electron chi connectivity index (χ4n) is 1.28. The van der Waals surface area contributed by atoms with Crippen LogP contribution < -0.4 is 10.2 Å². The molecule has 1 heterocycles. The molecule has 0 radical (unpaired) electrons. The van der Waals surface area contributed by atoms with E-state index in [9.17, 15) is 0 Å². The maximum Gasteiger partial charge on any atom is 0.184 e. The predicted octanol–water partition coefficient (Wildman–Crippen LogP) is 2.14. The maximum absolute atomic E-state index is 4.54. The van der Waals surface area contributed by atoms with Crippen LogP contribution in [0.4, 0.5) is 5.13 Å². The van der Waals surface area contributed by atoms with E-state index in [1.165, 1.54) is 5.69 Å². The number of hydrogen-bond acceptors (Lipinski definition) is 4. The van der Waals surface area contributed by atoms with Crippen molar-refractivity contribution >= 4 is 16.5 Å². The summed E-state index contributed by atoms with van der Waals surface area (Å²) in [6.07, 6.45) is 2.23. The zero-order valence-electron chi connectivity index (χ0n) is 10.1.